The molecule has 11 nitrogen and oxygen atoms in total. The van der Waals surface area contributed by atoms with Crippen molar-refractivity contribution >= 4 is 45.2 Å². The minimum Gasteiger partial charge on any atom is -0.444 e. The van der Waals surface area contributed by atoms with Crippen molar-refractivity contribution in [1.82, 2.24) is 4.98 Å². The van der Waals surface area contributed by atoms with E-state index in [2.05, 4.69) is 10.3 Å². The number of carbonyl (C=O) groups is 3. The Balaban J connectivity index is 2.09. The number of aryl methyl sites for hydroxylation is 1. The van der Waals surface area contributed by atoms with Gasteiger partial charge in [-0.1, -0.05) is 6.07 Å². The Labute approximate surface area is 239 Å². The van der Waals surface area contributed by atoms with Gasteiger partial charge in [-0.3, -0.25) is 24.0 Å². The highest BCUT2D eigenvalue weighted by molar-refractivity contribution is 7.85. The van der Waals surface area contributed by atoms with Crippen LogP contribution in [0.2, 0.25) is 0 Å². The smallest absolute Gasteiger partial charge is 0.416 e. The van der Waals surface area contributed by atoms with Gasteiger partial charge in [-0.25, -0.2) is 14.2 Å². The summed E-state index contributed by atoms with van der Waals surface area (Å²) in [6, 6.07) is 3.29. The fourth-order valence-electron chi connectivity index (χ4n) is 4.32. The number of rotatable bonds is 7. The maximum absolute atomic E-state index is 14.9. The molecule has 1 aromatic carbocycles. The lowest BCUT2D eigenvalue weighted by Crippen LogP contribution is -2.49. The number of nitrogens with one attached hydrogen (secondary N) is 1. The number of hydrogen-bond acceptors (Lipinski definition) is 8. The Morgan fingerprint density at radius 1 is 1.19 bits per heavy atom. The summed E-state index contributed by atoms with van der Waals surface area (Å²) in [6.45, 7) is 5.36. The van der Waals surface area contributed by atoms with Gasteiger partial charge in [0.1, 0.15) is 29.0 Å². The number of carbonyl (C=O) groups excluding carboxylic acids is 3. The van der Waals surface area contributed by atoms with Crippen LogP contribution in [0.3, 0.4) is 0 Å². The molecule has 2 aromatic rings. The highest BCUT2D eigenvalue weighted by Gasteiger charge is 2.48. The van der Waals surface area contributed by atoms with Gasteiger partial charge < -0.3 is 9.64 Å². The molecule has 0 aliphatic carbocycles. The maximum Gasteiger partial charge on any atom is 0.416 e. The molecule has 0 unspecified atom stereocenters. The summed E-state index contributed by atoms with van der Waals surface area (Å²) in [5, 5.41) is 2.25. The summed E-state index contributed by atoms with van der Waals surface area (Å²) in [6.07, 6.45) is -5.55. The van der Waals surface area contributed by atoms with Crippen molar-refractivity contribution in [3.05, 3.63) is 47.4 Å². The molecule has 1 aliphatic rings. The lowest BCUT2D eigenvalue weighted by molar-refractivity contribution is -0.137. The fraction of sp³-hybridized carbons (Fsp3) is 0.462. The number of ether oxygens (including phenoxy) is 1. The third kappa shape index (κ3) is 7.94. The van der Waals surface area contributed by atoms with E-state index in [1.165, 1.54) is 26.1 Å². The van der Waals surface area contributed by atoms with Gasteiger partial charge in [-0.15, -0.1) is 0 Å². The number of hydrogen-bond donors (Lipinski definition) is 1. The average molecular weight is 619 g/mol. The number of aromatic nitrogens is 1. The van der Waals surface area contributed by atoms with Crippen molar-refractivity contribution in [2.45, 2.75) is 51.9 Å². The minimum atomic E-state index is -4.80. The van der Waals surface area contributed by atoms with E-state index >= 15 is 0 Å². The van der Waals surface area contributed by atoms with Crippen molar-refractivity contribution < 1.29 is 49.3 Å². The van der Waals surface area contributed by atoms with Gasteiger partial charge in [-0.2, -0.15) is 21.6 Å². The summed E-state index contributed by atoms with van der Waals surface area (Å²) in [5.74, 6) is -4.36. The van der Waals surface area contributed by atoms with Crippen LogP contribution in [0.5, 0.6) is 0 Å². The second-order valence-corrected chi connectivity index (χ2v) is 12.3. The van der Waals surface area contributed by atoms with Crippen LogP contribution in [0.4, 0.5) is 39.5 Å². The van der Waals surface area contributed by atoms with E-state index in [1.54, 1.807) is 20.8 Å². The number of alkyl halides is 3. The predicted octanol–water partition coefficient (Wildman–Crippen LogP) is 4.26. The van der Waals surface area contributed by atoms with Gasteiger partial charge in [0, 0.05) is 25.1 Å². The Hall–Kier alpha value is -3.79. The fourth-order valence-corrected chi connectivity index (χ4v) is 4.74. The quantitative estimate of drug-likeness (QED) is 0.360. The molecule has 1 aliphatic heterocycles. The largest absolute Gasteiger partial charge is 0.444 e. The highest BCUT2D eigenvalue weighted by Crippen LogP contribution is 2.38. The third-order valence-electron chi connectivity index (χ3n) is 6.00. The molecule has 2 atom stereocenters. The van der Waals surface area contributed by atoms with Crippen LogP contribution >= 0.6 is 0 Å². The van der Waals surface area contributed by atoms with E-state index in [9.17, 15) is 40.4 Å². The minimum absolute atomic E-state index is 0.100. The summed E-state index contributed by atoms with van der Waals surface area (Å²) in [4.78, 5) is 45.2. The third-order valence-corrected chi connectivity index (χ3v) is 6.57. The lowest BCUT2D eigenvalue weighted by atomic mass is 9.99. The van der Waals surface area contributed by atoms with E-state index < -0.39 is 87.7 Å². The zero-order valence-corrected chi connectivity index (χ0v) is 24.4. The summed E-state index contributed by atoms with van der Waals surface area (Å²) in [7, 11) is -2.84. The molecule has 3 amide bonds. The van der Waals surface area contributed by atoms with E-state index in [4.69, 9.17) is 8.92 Å². The summed E-state index contributed by atoms with van der Waals surface area (Å²) >= 11 is 0. The normalized spacial score (nSPS) is 17.8. The van der Waals surface area contributed by atoms with Crippen LogP contribution in [0, 0.1) is 18.7 Å². The number of benzene rings is 1. The number of para-hydroxylation sites is 1. The van der Waals surface area contributed by atoms with Crippen molar-refractivity contribution in [2.24, 2.45) is 5.92 Å². The summed E-state index contributed by atoms with van der Waals surface area (Å²) in [5.41, 5.74) is -2.79. The van der Waals surface area contributed by atoms with Gasteiger partial charge >= 0.3 is 12.3 Å². The van der Waals surface area contributed by atoms with Crippen LogP contribution in [-0.2, 0) is 34.8 Å². The van der Waals surface area contributed by atoms with Gasteiger partial charge in [0.15, 0.2) is 0 Å². The van der Waals surface area contributed by atoms with Crippen molar-refractivity contribution in [3.8, 4) is 0 Å². The van der Waals surface area contributed by atoms with Gasteiger partial charge in [0.25, 0.3) is 10.1 Å². The maximum atomic E-state index is 14.9. The van der Waals surface area contributed by atoms with E-state index in [-0.39, 0.29) is 11.4 Å². The molecule has 0 spiro atoms. The van der Waals surface area contributed by atoms with Crippen LogP contribution in [0.25, 0.3) is 0 Å². The zero-order chi connectivity index (χ0) is 31.8. The van der Waals surface area contributed by atoms with Gasteiger partial charge in [0.2, 0.25) is 11.8 Å². The molecule has 0 bridgehead atoms. The molecule has 3 rings (SSSR count). The number of pyridine rings is 1. The first-order valence-corrected chi connectivity index (χ1v) is 14.3. The predicted molar refractivity (Wildman–Crippen MR) is 144 cm³/mol. The van der Waals surface area contributed by atoms with Crippen molar-refractivity contribution in [2.75, 3.05) is 35.0 Å². The molecular formula is C26H30F4N4O7S. The first-order chi connectivity index (χ1) is 19.2. The molecule has 0 saturated carbocycles. The number of nitrogens with zero attached hydrogens (tertiary/aromatic N) is 3. The van der Waals surface area contributed by atoms with Gasteiger partial charge in [-0.05, 0) is 52.0 Å². The Bertz CT molecular complexity index is 1490. The second-order valence-electron chi connectivity index (χ2n) is 10.7. The second kappa shape index (κ2) is 11.8. The number of halogens is 4. The number of anilines is 3. The number of likely N-dealkylation sites (N-methyl/N-ethyl adjacent to an activating group) is 1. The first-order valence-electron chi connectivity index (χ1n) is 12.5. The van der Waals surface area contributed by atoms with Crippen LogP contribution in [0.15, 0.2) is 30.3 Å². The van der Waals surface area contributed by atoms with E-state index in [1.807, 2.05) is 0 Å². The monoisotopic (exact) mass is 618 g/mol. The lowest BCUT2D eigenvalue weighted by Gasteiger charge is -2.31. The molecule has 1 saturated heterocycles. The molecule has 230 valence electrons. The summed E-state index contributed by atoms with van der Waals surface area (Å²) < 4.78 is 89.0. The Kier molecular flexibility index (Phi) is 9.22. The zero-order valence-electron chi connectivity index (χ0n) is 23.6. The van der Waals surface area contributed by atoms with Gasteiger partial charge in [0.05, 0.1) is 24.1 Å². The molecule has 16 heteroatoms. The molecule has 0 radical (unpaired) electrons. The topological polar surface area (TPSA) is 135 Å². The van der Waals surface area contributed by atoms with Crippen LogP contribution in [0.1, 0.15) is 38.4 Å². The van der Waals surface area contributed by atoms with E-state index in [0.717, 1.165) is 28.2 Å². The molecule has 42 heavy (non-hydrogen) atoms. The van der Waals surface area contributed by atoms with Crippen molar-refractivity contribution in [1.29, 1.82) is 0 Å². The van der Waals surface area contributed by atoms with Crippen molar-refractivity contribution in [3.63, 3.8) is 0 Å². The van der Waals surface area contributed by atoms with Crippen LogP contribution < -0.4 is 15.1 Å². The molecule has 2 heterocycles. The Morgan fingerprint density at radius 3 is 2.40 bits per heavy atom. The SMILES string of the molecule is Cc1cc(C(F)(F)F)cc(N2C(=O)C[C@H](COS(C)(=O)=O)[C@H]2C(=O)N(C)c2cccc(F)c2NC(=O)OC(C)(C)C)n1. The van der Waals surface area contributed by atoms with E-state index in [0.29, 0.717) is 6.07 Å². The molecule has 1 N–H and O–H groups in total. The molecule has 1 fully saturated rings. The highest BCUT2D eigenvalue weighted by atomic mass is 32.2. The first kappa shape index (κ1) is 32.7. The van der Waals surface area contributed by atoms with Crippen LogP contribution in [-0.4, -0.2) is 62.9 Å². The Morgan fingerprint density at radius 2 is 1.83 bits per heavy atom. The molecular weight excluding hydrogens is 588 g/mol. The standard InChI is InChI=1S/C26H30F4N4O7S/c1-14-10-16(26(28,29)30)12-19(31-14)34-20(35)11-15(13-40-42(6,38)39)22(34)23(36)33(5)18-9-7-8-17(27)21(18)32-24(37)41-25(2,3)4/h7-10,12,15,22H,11,13H2,1-6H3,(H,32,37)/t15-,22+/m1/s1. The molecule has 1 aromatic heterocycles. The number of amides is 3. The average Bonchev–Trinajstić information content (AvgIpc) is 3.16.